The van der Waals surface area contributed by atoms with Gasteiger partial charge in [-0.2, -0.15) is 0 Å². The molecular weight excluding hydrogens is 931 g/mol. The first-order valence-corrected chi connectivity index (χ1v) is 25.0. The average molecular weight is 992 g/mol. The third-order valence-electron chi connectivity index (χ3n) is 13.0. The van der Waals surface area contributed by atoms with Crippen molar-refractivity contribution in [2.24, 2.45) is 5.41 Å². The van der Waals surface area contributed by atoms with E-state index < -0.39 is 35.4 Å². The van der Waals surface area contributed by atoms with Crippen LogP contribution in [-0.2, 0) is 32.3 Å². The van der Waals surface area contributed by atoms with Crippen molar-refractivity contribution in [3.8, 4) is 21.7 Å². The summed E-state index contributed by atoms with van der Waals surface area (Å²) in [6.45, 7) is 12.5. The first-order chi connectivity index (χ1) is 34.6. The number of anilines is 3. The van der Waals surface area contributed by atoms with Crippen molar-refractivity contribution in [3.05, 3.63) is 137 Å². The molecule has 6 aromatic rings. The van der Waals surface area contributed by atoms with Gasteiger partial charge >= 0.3 is 0 Å². The van der Waals surface area contributed by atoms with Crippen LogP contribution in [0, 0.1) is 19.3 Å². The quantitative estimate of drug-likeness (QED) is 0.0702. The number of carbonyl (C=O) groups is 5. The van der Waals surface area contributed by atoms with E-state index in [0.29, 0.717) is 49.9 Å². The van der Waals surface area contributed by atoms with Crippen LogP contribution in [0.4, 0.5) is 17.3 Å². The maximum absolute atomic E-state index is 14.1. The summed E-state index contributed by atoms with van der Waals surface area (Å²) in [7, 11) is 0. The second-order valence-electron chi connectivity index (χ2n) is 19.4. The van der Waals surface area contributed by atoms with Gasteiger partial charge in [0.1, 0.15) is 12.1 Å². The van der Waals surface area contributed by atoms with E-state index in [2.05, 4.69) is 46.1 Å². The number of aryl methyl sites for hydroxylation is 2. The van der Waals surface area contributed by atoms with Crippen LogP contribution in [0.25, 0.3) is 21.7 Å². The molecule has 0 spiro atoms. The number of carbonyl (C=O) groups excluding carboxylic acids is 5. The van der Waals surface area contributed by atoms with Gasteiger partial charge in [0.2, 0.25) is 29.6 Å². The van der Waals surface area contributed by atoms with E-state index >= 15 is 0 Å². The van der Waals surface area contributed by atoms with Gasteiger partial charge in [-0.3, -0.25) is 33.9 Å². The number of β-amino-alcohol motifs (C(OH)–C–C–N with tert-alkyl or cyclic N) is 1. The molecule has 5 heterocycles. The fourth-order valence-electron chi connectivity index (χ4n) is 8.82. The van der Waals surface area contributed by atoms with E-state index in [0.717, 1.165) is 49.8 Å². The van der Waals surface area contributed by atoms with E-state index in [9.17, 15) is 29.1 Å². The Morgan fingerprint density at radius 2 is 1.60 bits per heavy atom. The Bertz CT molecular complexity index is 2880. The normalized spacial score (nSPS) is 16.5. The molecule has 8 rings (SSSR count). The number of nitrogens with one attached hydrogen (secondary N) is 4. The minimum atomic E-state index is -0.996. The molecule has 374 valence electrons. The van der Waals surface area contributed by atoms with Crippen molar-refractivity contribution in [1.29, 1.82) is 0 Å². The summed E-state index contributed by atoms with van der Waals surface area (Å²) in [6.07, 6.45) is 4.20. The van der Waals surface area contributed by atoms with Crippen LogP contribution in [0.5, 0.6) is 0 Å². The molecule has 0 radical (unpaired) electrons. The number of hydrogen-bond donors (Lipinski definition) is 5. The molecule has 2 saturated heterocycles. The van der Waals surface area contributed by atoms with E-state index in [4.69, 9.17) is 0 Å². The lowest BCUT2D eigenvalue weighted by Crippen LogP contribution is -2.57. The summed E-state index contributed by atoms with van der Waals surface area (Å²) >= 11 is 1.57. The summed E-state index contributed by atoms with van der Waals surface area (Å²) < 4.78 is 0. The topological polar surface area (TPSA) is 215 Å². The summed E-state index contributed by atoms with van der Waals surface area (Å²) in [5, 5.41) is 22.7. The van der Waals surface area contributed by atoms with E-state index in [1.807, 2.05) is 113 Å². The highest BCUT2D eigenvalue weighted by Crippen LogP contribution is 2.29. The van der Waals surface area contributed by atoms with Gasteiger partial charge in [0.15, 0.2) is 0 Å². The number of aromatic nitrogens is 4. The zero-order valence-electron chi connectivity index (χ0n) is 41.2. The van der Waals surface area contributed by atoms with Gasteiger partial charge < -0.3 is 36.2 Å². The van der Waals surface area contributed by atoms with Crippen LogP contribution in [0.3, 0.4) is 0 Å². The maximum Gasteiger partial charge on any atom is 0.255 e. The van der Waals surface area contributed by atoms with Gasteiger partial charge in [-0.25, -0.2) is 15.0 Å². The number of amides is 5. The van der Waals surface area contributed by atoms with Crippen molar-refractivity contribution in [2.75, 3.05) is 43.4 Å². The number of piperazine rings is 1. The molecular formula is C54H61N11O6S. The highest BCUT2D eigenvalue weighted by Gasteiger charge is 2.44. The van der Waals surface area contributed by atoms with Gasteiger partial charge in [-0.15, -0.1) is 11.3 Å². The fraction of sp³-hybridized carbons (Fsp3) is 0.352. The van der Waals surface area contributed by atoms with Crippen molar-refractivity contribution >= 4 is 58.2 Å². The standard InChI is InChI=1S/C54H61N11O6S/c1-34-8-17-41(27-44(34)61-53-56-22-20-43(60-53)40-7-6-21-55-30-40)59-50(69)39-15-11-37(12-16-39)31-63-23-25-64(26-24-63)47(68)19-18-46(67)62-49(54(3,4)5)52(71)65-32-42(66)28-45(65)51(70)57-29-36-9-13-38(14-10-36)48-35(2)58-33-72-48/h6-17,20-22,27,30,33,42,45,49,66H,18-19,23-26,28-29,31-32H2,1-5H3,(H,57,70)(H,59,69)(H,62,67)(H,56,60,61). The Morgan fingerprint density at radius 3 is 2.29 bits per heavy atom. The molecule has 18 heteroatoms. The summed E-state index contributed by atoms with van der Waals surface area (Å²) in [4.78, 5) is 91.6. The Labute approximate surface area is 423 Å². The monoisotopic (exact) mass is 991 g/mol. The number of nitrogens with zero attached hydrogens (tertiary/aromatic N) is 7. The van der Waals surface area contributed by atoms with Crippen LogP contribution in [0.2, 0.25) is 0 Å². The first-order valence-electron chi connectivity index (χ1n) is 24.1. The van der Waals surface area contributed by atoms with Crippen molar-refractivity contribution in [3.63, 3.8) is 0 Å². The molecule has 3 unspecified atom stereocenters. The number of rotatable bonds is 16. The lowest BCUT2D eigenvalue weighted by molar-refractivity contribution is -0.144. The van der Waals surface area contributed by atoms with Crippen LogP contribution < -0.4 is 21.3 Å². The third-order valence-corrected chi connectivity index (χ3v) is 14.0. The molecule has 2 aliphatic heterocycles. The molecule has 3 aromatic carbocycles. The first kappa shape index (κ1) is 51.0. The minimum Gasteiger partial charge on any atom is -0.391 e. The van der Waals surface area contributed by atoms with Crippen LogP contribution in [0.15, 0.2) is 109 Å². The summed E-state index contributed by atoms with van der Waals surface area (Å²) in [5.41, 5.74) is 9.44. The average Bonchev–Trinajstić information content (AvgIpc) is 4.00. The molecule has 2 aliphatic rings. The van der Waals surface area contributed by atoms with Crippen LogP contribution in [0.1, 0.15) is 72.8 Å². The molecule has 3 atom stereocenters. The summed E-state index contributed by atoms with van der Waals surface area (Å²) in [5.74, 6) is -1.26. The second-order valence-corrected chi connectivity index (χ2v) is 20.3. The molecule has 0 saturated carbocycles. The largest absolute Gasteiger partial charge is 0.391 e. The minimum absolute atomic E-state index is 0.0196. The molecule has 0 bridgehead atoms. The fourth-order valence-corrected chi connectivity index (χ4v) is 9.63. The van der Waals surface area contributed by atoms with Gasteiger partial charge in [0.25, 0.3) is 5.91 Å². The highest BCUT2D eigenvalue weighted by atomic mass is 32.1. The molecule has 17 nitrogen and oxygen atoms in total. The number of aliphatic hydroxyl groups is 1. The second kappa shape index (κ2) is 22.8. The Morgan fingerprint density at radius 1 is 0.847 bits per heavy atom. The predicted molar refractivity (Wildman–Crippen MR) is 277 cm³/mol. The Kier molecular flexibility index (Phi) is 16.1. The Balaban J connectivity index is 0.769. The van der Waals surface area contributed by atoms with E-state index in [1.54, 1.807) is 47.0 Å². The molecule has 5 amide bonds. The van der Waals surface area contributed by atoms with Gasteiger partial charge in [-0.1, -0.05) is 63.2 Å². The number of likely N-dealkylation sites (tertiary alicyclic amines) is 1. The molecule has 0 aliphatic carbocycles. The van der Waals surface area contributed by atoms with Crippen molar-refractivity contribution < 1.29 is 29.1 Å². The zero-order chi connectivity index (χ0) is 50.9. The highest BCUT2D eigenvalue weighted by molar-refractivity contribution is 7.13. The number of aliphatic hydroxyl groups excluding tert-OH is 1. The smallest absolute Gasteiger partial charge is 0.255 e. The van der Waals surface area contributed by atoms with Gasteiger partial charge in [0, 0.05) is 106 Å². The van der Waals surface area contributed by atoms with Gasteiger partial charge in [-0.05, 0) is 84.0 Å². The van der Waals surface area contributed by atoms with Gasteiger partial charge in [0.05, 0.1) is 27.9 Å². The lowest BCUT2D eigenvalue weighted by atomic mass is 9.85. The van der Waals surface area contributed by atoms with Crippen LogP contribution in [-0.4, -0.2) is 120 Å². The zero-order valence-corrected chi connectivity index (χ0v) is 42.0. The number of thiazole rings is 1. The van der Waals surface area contributed by atoms with Crippen LogP contribution >= 0.6 is 11.3 Å². The third kappa shape index (κ3) is 12.9. The Hall–Kier alpha value is -7.41. The SMILES string of the molecule is Cc1ccc(NC(=O)c2ccc(CN3CCN(C(=O)CCC(=O)NC(C(=O)N4CC(O)CC4C(=O)NCc4ccc(-c5scnc5C)cc4)C(C)(C)C)CC3)cc2)cc1Nc1nccc(-c2cccnc2)n1. The van der Waals surface area contributed by atoms with Crippen molar-refractivity contribution in [2.45, 2.75) is 85.2 Å². The van der Waals surface area contributed by atoms with E-state index in [-0.39, 0.29) is 50.1 Å². The van der Waals surface area contributed by atoms with Crippen molar-refractivity contribution in [1.82, 2.24) is 45.3 Å². The lowest BCUT2D eigenvalue weighted by Gasteiger charge is -2.36. The molecule has 72 heavy (non-hydrogen) atoms. The predicted octanol–water partition coefficient (Wildman–Crippen LogP) is 6.51. The molecule has 5 N–H and O–H groups in total. The van der Waals surface area contributed by atoms with E-state index in [1.165, 1.54) is 4.90 Å². The molecule has 2 fully saturated rings. The number of pyridine rings is 1. The number of benzene rings is 3. The summed E-state index contributed by atoms with van der Waals surface area (Å²) in [6, 6.07) is 24.6. The number of hydrogen-bond acceptors (Lipinski definition) is 13. The maximum atomic E-state index is 14.1. The molecule has 3 aromatic heterocycles.